The predicted octanol–water partition coefficient (Wildman–Crippen LogP) is 4.52. The molecule has 6 heteroatoms. The zero-order valence-electron chi connectivity index (χ0n) is 15.2. The second-order valence-corrected chi connectivity index (χ2v) is 7.51. The Morgan fingerprint density at radius 3 is 2.81 bits per heavy atom. The minimum absolute atomic E-state index is 0.0264. The van der Waals surface area contributed by atoms with Gasteiger partial charge >= 0.3 is 0 Å². The van der Waals surface area contributed by atoms with Crippen LogP contribution >= 0.6 is 11.3 Å². The number of nitrogens with zero attached hydrogens (tertiary/aromatic N) is 2. The number of carbonyl (C=O) groups is 1. The van der Waals surface area contributed by atoms with Crippen LogP contribution in [0.5, 0.6) is 5.75 Å². The topological polar surface area (TPSA) is 58.2 Å². The number of aromatic amines is 1. The minimum Gasteiger partial charge on any atom is -0.483 e. The molecule has 0 radical (unpaired) electrons. The molecule has 0 aliphatic rings. The molecule has 26 heavy (non-hydrogen) atoms. The summed E-state index contributed by atoms with van der Waals surface area (Å²) in [6.45, 7) is 6.71. The van der Waals surface area contributed by atoms with Crippen molar-refractivity contribution in [2.24, 2.45) is 0 Å². The summed E-state index contributed by atoms with van der Waals surface area (Å²) in [4.78, 5) is 15.6. The molecule has 0 bridgehead atoms. The number of rotatable bonds is 7. The molecule has 0 spiro atoms. The number of H-pyrrole nitrogens is 1. The molecule has 0 unspecified atom stereocenters. The van der Waals surface area contributed by atoms with E-state index >= 15 is 0 Å². The van der Waals surface area contributed by atoms with Crippen LogP contribution in [0.25, 0.3) is 0 Å². The highest BCUT2D eigenvalue weighted by molar-refractivity contribution is 7.09. The van der Waals surface area contributed by atoms with E-state index in [-0.39, 0.29) is 12.5 Å². The van der Waals surface area contributed by atoms with Gasteiger partial charge in [0.15, 0.2) is 12.4 Å². The lowest BCUT2D eigenvalue weighted by atomic mass is 10.0. The van der Waals surface area contributed by atoms with E-state index < -0.39 is 0 Å². The molecule has 3 rings (SSSR count). The first-order valence-corrected chi connectivity index (χ1v) is 9.48. The SMILES string of the molecule is Cc1ccc(C(C)C)c(OCC(=O)N(Cc2cccs2)c2cc[nH]n2)c1. The van der Waals surface area contributed by atoms with Crippen molar-refractivity contribution in [3.8, 4) is 5.75 Å². The molecule has 1 N–H and O–H groups in total. The Balaban J connectivity index is 1.75. The van der Waals surface area contributed by atoms with Gasteiger partial charge in [0.1, 0.15) is 5.75 Å². The van der Waals surface area contributed by atoms with E-state index in [2.05, 4.69) is 36.2 Å². The smallest absolute Gasteiger partial charge is 0.266 e. The first-order chi connectivity index (χ1) is 12.5. The highest BCUT2D eigenvalue weighted by Gasteiger charge is 2.20. The molecule has 0 fully saturated rings. The number of aromatic nitrogens is 2. The number of amides is 1. The average molecular weight is 369 g/mol. The molecule has 1 aromatic carbocycles. The van der Waals surface area contributed by atoms with Gasteiger partial charge in [-0.25, -0.2) is 0 Å². The third-order valence-corrected chi connectivity index (χ3v) is 4.96. The van der Waals surface area contributed by atoms with E-state index in [1.165, 1.54) is 0 Å². The lowest BCUT2D eigenvalue weighted by Crippen LogP contribution is -2.34. The van der Waals surface area contributed by atoms with Crippen LogP contribution < -0.4 is 9.64 Å². The molecule has 136 valence electrons. The second kappa shape index (κ2) is 8.19. The Hall–Kier alpha value is -2.60. The van der Waals surface area contributed by atoms with Gasteiger partial charge in [0, 0.05) is 17.1 Å². The minimum atomic E-state index is -0.123. The van der Waals surface area contributed by atoms with E-state index in [1.54, 1.807) is 28.5 Å². The van der Waals surface area contributed by atoms with E-state index in [4.69, 9.17) is 4.74 Å². The van der Waals surface area contributed by atoms with Crippen molar-refractivity contribution >= 4 is 23.1 Å². The van der Waals surface area contributed by atoms with Crippen molar-refractivity contribution in [1.29, 1.82) is 0 Å². The monoisotopic (exact) mass is 369 g/mol. The standard InChI is InChI=1S/C20H23N3O2S/c1-14(2)17-7-6-15(3)11-18(17)25-13-20(24)23(19-8-9-21-22-19)12-16-5-4-10-26-16/h4-11,14H,12-13H2,1-3H3,(H,21,22). The van der Waals surface area contributed by atoms with Crippen molar-refractivity contribution in [2.75, 3.05) is 11.5 Å². The number of hydrogen-bond donors (Lipinski definition) is 1. The molecular weight excluding hydrogens is 346 g/mol. The molecule has 0 saturated heterocycles. The van der Waals surface area contributed by atoms with Gasteiger partial charge in [-0.1, -0.05) is 32.0 Å². The normalized spacial score (nSPS) is 10.9. The fourth-order valence-corrected chi connectivity index (χ4v) is 3.41. The number of benzene rings is 1. The van der Waals surface area contributed by atoms with Crippen LogP contribution in [0.2, 0.25) is 0 Å². The molecule has 0 atom stereocenters. The molecule has 0 aliphatic carbocycles. The number of ether oxygens (including phenoxy) is 1. The van der Waals surface area contributed by atoms with Crippen molar-refractivity contribution in [2.45, 2.75) is 33.2 Å². The first-order valence-electron chi connectivity index (χ1n) is 8.60. The summed E-state index contributed by atoms with van der Waals surface area (Å²) in [5, 5.41) is 8.93. The Bertz CT molecular complexity index is 842. The van der Waals surface area contributed by atoms with Crippen LogP contribution in [-0.4, -0.2) is 22.7 Å². The Kier molecular flexibility index (Phi) is 5.73. The van der Waals surface area contributed by atoms with Crippen LogP contribution in [0.4, 0.5) is 5.82 Å². The maximum absolute atomic E-state index is 12.9. The zero-order chi connectivity index (χ0) is 18.5. The fourth-order valence-electron chi connectivity index (χ4n) is 2.72. The van der Waals surface area contributed by atoms with Gasteiger partial charge in [-0.15, -0.1) is 11.3 Å². The van der Waals surface area contributed by atoms with Crippen LogP contribution in [0.3, 0.4) is 0 Å². The number of anilines is 1. The van der Waals surface area contributed by atoms with Crippen LogP contribution in [-0.2, 0) is 11.3 Å². The molecule has 2 heterocycles. The van der Waals surface area contributed by atoms with Gasteiger partial charge in [-0.3, -0.25) is 14.8 Å². The van der Waals surface area contributed by atoms with Gasteiger partial charge < -0.3 is 4.74 Å². The highest BCUT2D eigenvalue weighted by atomic mass is 32.1. The molecule has 2 aromatic heterocycles. The Morgan fingerprint density at radius 1 is 1.31 bits per heavy atom. The summed E-state index contributed by atoms with van der Waals surface area (Å²) in [6, 6.07) is 11.9. The third kappa shape index (κ3) is 4.32. The average Bonchev–Trinajstić information content (AvgIpc) is 3.30. The third-order valence-electron chi connectivity index (χ3n) is 4.10. The van der Waals surface area contributed by atoms with Gasteiger partial charge in [-0.05, 0) is 41.5 Å². The van der Waals surface area contributed by atoms with Crippen molar-refractivity contribution in [1.82, 2.24) is 10.2 Å². The molecular formula is C20H23N3O2S. The molecule has 5 nitrogen and oxygen atoms in total. The number of nitrogens with one attached hydrogen (secondary N) is 1. The Labute approximate surface area is 157 Å². The number of carbonyl (C=O) groups excluding carboxylic acids is 1. The van der Waals surface area contributed by atoms with Gasteiger partial charge in [-0.2, -0.15) is 5.10 Å². The summed E-state index contributed by atoms with van der Waals surface area (Å²) < 4.78 is 5.91. The lowest BCUT2D eigenvalue weighted by molar-refractivity contribution is -0.120. The highest BCUT2D eigenvalue weighted by Crippen LogP contribution is 2.27. The molecule has 0 saturated carbocycles. The molecule has 0 aliphatic heterocycles. The van der Waals surface area contributed by atoms with E-state index in [1.807, 2.05) is 30.5 Å². The summed E-state index contributed by atoms with van der Waals surface area (Å²) in [5.74, 6) is 1.57. The summed E-state index contributed by atoms with van der Waals surface area (Å²) >= 11 is 1.62. The van der Waals surface area contributed by atoms with Crippen LogP contribution in [0, 0.1) is 6.92 Å². The van der Waals surface area contributed by atoms with E-state index in [0.29, 0.717) is 18.3 Å². The summed E-state index contributed by atoms with van der Waals surface area (Å²) in [7, 11) is 0. The van der Waals surface area contributed by atoms with E-state index in [9.17, 15) is 4.79 Å². The second-order valence-electron chi connectivity index (χ2n) is 6.48. The number of aryl methyl sites for hydroxylation is 1. The zero-order valence-corrected chi connectivity index (χ0v) is 16.0. The van der Waals surface area contributed by atoms with Gasteiger partial charge in [0.2, 0.25) is 0 Å². The number of thiophene rings is 1. The van der Waals surface area contributed by atoms with Crippen LogP contribution in [0.15, 0.2) is 48.0 Å². The lowest BCUT2D eigenvalue weighted by Gasteiger charge is -2.21. The van der Waals surface area contributed by atoms with Crippen molar-refractivity contribution in [3.63, 3.8) is 0 Å². The van der Waals surface area contributed by atoms with Crippen molar-refractivity contribution in [3.05, 3.63) is 64.0 Å². The first kappa shape index (κ1) is 18.2. The summed E-state index contributed by atoms with van der Waals surface area (Å²) in [6.07, 6.45) is 1.71. The van der Waals surface area contributed by atoms with Crippen molar-refractivity contribution < 1.29 is 9.53 Å². The van der Waals surface area contributed by atoms with Crippen LogP contribution in [0.1, 0.15) is 35.8 Å². The number of hydrogen-bond acceptors (Lipinski definition) is 4. The molecule has 3 aromatic rings. The largest absolute Gasteiger partial charge is 0.483 e. The van der Waals surface area contributed by atoms with Gasteiger partial charge in [0.25, 0.3) is 5.91 Å². The quantitative estimate of drug-likeness (QED) is 0.666. The van der Waals surface area contributed by atoms with E-state index in [0.717, 1.165) is 21.8 Å². The summed E-state index contributed by atoms with van der Waals surface area (Å²) in [5.41, 5.74) is 2.22. The Morgan fingerprint density at radius 2 is 2.15 bits per heavy atom. The predicted molar refractivity (Wildman–Crippen MR) is 105 cm³/mol. The maximum Gasteiger partial charge on any atom is 0.266 e. The fraction of sp³-hybridized carbons (Fsp3) is 0.300. The maximum atomic E-state index is 12.9. The van der Waals surface area contributed by atoms with Gasteiger partial charge in [0.05, 0.1) is 6.54 Å². The molecule has 1 amide bonds.